The smallest absolute Gasteiger partial charge is 0.336 e. The van der Waals surface area contributed by atoms with Crippen molar-refractivity contribution >= 4 is 5.97 Å². The second-order valence-corrected chi connectivity index (χ2v) is 6.80. The fourth-order valence-electron chi connectivity index (χ4n) is 3.69. The van der Waals surface area contributed by atoms with Crippen LogP contribution in [0, 0.1) is 6.92 Å². The molecule has 6 heteroatoms. The number of aryl methyl sites for hydroxylation is 1. The van der Waals surface area contributed by atoms with Crippen molar-refractivity contribution in [2.45, 2.75) is 25.8 Å². The molecule has 1 atom stereocenters. The Bertz CT molecular complexity index is 928. The lowest BCUT2D eigenvalue weighted by Crippen LogP contribution is -2.19. The van der Waals surface area contributed by atoms with E-state index < -0.39 is 5.97 Å². The highest BCUT2D eigenvalue weighted by atomic mass is 16.4. The summed E-state index contributed by atoms with van der Waals surface area (Å²) in [5.74, 6) is 0.968. The van der Waals surface area contributed by atoms with Gasteiger partial charge in [-0.15, -0.1) is 0 Å². The lowest BCUT2D eigenvalue weighted by atomic mass is 10.0. The number of aromatic carboxylic acids is 1. The van der Waals surface area contributed by atoms with Crippen LogP contribution in [0.4, 0.5) is 0 Å². The van der Waals surface area contributed by atoms with Gasteiger partial charge in [0.1, 0.15) is 11.5 Å². The van der Waals surface area contributed by atoms with Gasteiger partial charge < -0.3 is 9.52 Å². The predicted octanol–water partition coefficient (Wildman–Crippen LogP) is 3.67. The van der Waals surface area contributed by atoms with Crippen LogP contribution in [-0.4, -0.2) is 39.3 Å². The average Bonchev–Trinajstić information content (AvgIpc) is 3.36. The van der Waals surface area contributed by atoms with E-state index in [2.05, 4.69) is 22.0 Å². The number of hydrogen-bond donors (Lipinski definition) is 2. The molecule has 1 aliphatic rings. The van der Waals surface area contributed by atoms with Crippen molar-refractivity contribution < 1.29 is 14.3 Å². The van der Waals surface area contributed by atoms with Crippen LogP contribution in [0.2, 0.25) is 0 Å². The number of furan rings is 1. The first-order valence-electron chi connectivity index (χ1n) is 8.75. The van der Waals surface area contributed by atoms with Gasteiger partial charge in [0.2, 0.25) is 0 Å². The quantitative estimate of drug-likeness (QED) is 0.733. The summed E-state index contributed by atoms with van der Waals surface area (Å²) in [6.45, 7) is 4.77. The molecule has 26 heavy (non-hydrogen) atoms. The first-order chi connectivity index (χ1) is 12.6. The first kappa shape index (κ1) is 16.6. The maximum atomic E-state index is 11.4. The SMILES string of the molecule is Cc1cn[nH]c1C1CCN(Cc2ccc(-c3ccccc3C(=O)O)o2)C1. The zero-order chi connectivity index (χ0) is 18.1. The van der Waals surface area contributed by atoms with Crippen LogP contribution >= 0.6 is 0 Å². The summed E-state index contributed by atoms with van der Waals surface area (Å²) in [5.41, 5.74) is 3.30. The van der Waals surface area contributed by atoms with Crippen molar-refractivity contribution in [2.75, 3.05) is 13.1 Å². The fraction of sp³-hybridized carbons (Fsp3) is 0.300. The number of hydrogen-bond acceptors (Lipinski definition) is 4. The standard InChI is InChI=1S/C20H21N3O3/c1-13-10-21-22-19(13)14-8-9-23(11-14)12-15-6-7-18(26-15)16-4-2-3-5-17(16)20(24)25/h2-7,10,14H,8-9,11-12H2,1H3,(H,21,22)(H,24,25). The molecule has 0 radical (unpaired) electrons. The van der Waals surface area contributed by atoms with Gasteiger partial charge in [0.05, 0.1) is 18.3 Å². The maximum Gasteiger partial charge on any atom is 0.336 e. The van der Waals surface area contributed by atoms with Gasteiger partial charge in [-0.05, 0) is 43.7 Å². The molecule has 0 saturated carbocycles. The minimum Gasteiger partial charge on any atom is -0.478 e. The molecule has 1 fully saturated rings. The molecule has 0 spiro atoms. The Morgan fingerprint density at radius 3 is 2.96 bits per heavy atom. The Hall–Kier alpha value is -2.86. The van der Waals surface area contributed by atoms with Gasteiger partial charge in [-0.1, -0.05) is 18.2 Å². The molecule has 4 rings (SSSR count). The summed E-state index contributed by atoms with van der Waals surface area (Å²) in [7, 11) is 0. The number of nitrogens with zero attached hydrogens (tertiary/aromatic N) is 2. The van der Waals surface area contributed by atoms with Gasteiger partial charge >= 0.3 is 5.97 Å². The molecule has 1 aliphatic heterocycles. The van der Waals surface area contributed by atoms with E-state index in [0.29, 0.717) is 17.2 Å². The number of carbonyl (C=O) groups is 1. The normalized spacial score (nSPS) is 17.7. The predicted molar refractivity (Wildman–Crippen MR) is 97.1 cm³/mol. The molecule has 2 aromatic heterocycles. The van der Waals surface area contributed by atoms with Gasteiger partial charge in [-0.25, -0.2) is 4.79 Å². The Morgan fingerprint density at radius 1 is 1.35 bits per heavy atom. The van der Waals surface area contributed by atoms with E-state index in [1.54, 1.807) is 18.2 Å². The topological polar surface area (TPSA) is 82.4 Å². The van der Waals surface area contributed by atoms with Crippen LogP contribution in [-0.2, 0) is 6.54 Å². The van der Waals surface area contributed by atoms with Crippen molar-refractivity contribution in [1.82, 2.24) is 15.1 Å². The molecule has 3 aromatic rings. The Morgan fingerprint density at radius 2 is 2.19 bits per heavy atom. The highest BCUT2D eigenvalue weighted by Gasteiger charge is 2.26. The average molecular weight is 351 g/mol. The molecule has 1 saturated heterocycles. The molecule has 134 valence electrons. The molecule has 0 bridgehead atoms. The number of rotatable bonds is 5. The lowest BCUT2D eigenvalue weighted by Gasteiger charge is -2.14. The third-order valence-electron chi connectivity index (χ3n) is 5.01. The van der Waals surface area contributed by atoms with Gasteiger partial charge in [-0.2, -0.15) is 5.10 Å². The fourth-order valence-corrected chi connectivity index (χ4v) is 3.69. The highest BCUT2D eigenvalue weighted by Crippen LogP contribution is 2.30. The van der Waals surface area contributed by atoms with Crippen LogP contribution in [0.5, 0.6) is 0 Å². The van der Waals surface area contributed by atoms with E-state index in [1.165, 1.54) is 11.3 Å². The van der Waals surface area contributed by atoms with Crippen molar-refractivity contribution in [2.24, 2.45) is 0 Å². The number of benzene rings is 1. The summed E-state index contributed by atoms with van der Waals surface area (Å²) in [6, 6.07) is 10.7. The number of aromatic amines is 1. The third kappa shape index (κ3) is 3.15. The molecule has 1 unspecified atom stereocenters. The van der Waals surface area contributed by atoms with Crippen molar-refractivity contribution in [3.8, 4) is 11.3 Å². The second kappa shape index (κ2) is 6.80. The molecule has 1 aromatic carbocycles. The van der Waals surface area contributed by atoms with E-state index in [9.17, 15) is 9.90 Å². The number of carboxylic acid groups (broad SMARTS) is 1. The molecular weight excluding hydrogens is 330 g/mol. The third-order valence-corrected chi connectivity index (χ3v) is 5.01. The number of likely N-dealkylation sites (tertiary alicyclic amines) is 1. The number of H-pyrrole nitrogens is 1. The van der Waals surface area contributed by atoms with Gasteiger partial charge in [0.15, 0.2) is 0 Å². The van der Waals surface area contributed by atoms with Crippen molar-refractivity contribution in [1.29, 1.82) is 0 Å². The number of carboxylic acids is 1. The van der Waals surface area contributed by atoms with E-state index in [-0.39, 0.29) is 5.56 Å². The monoisotopic (exact) mass is 351 g/mol. The Labute approximate surface area is 151 Å². The van der Waals surface area contributed by atoms with Crippen LogP contribution < -0.4 is 0 Å². The first-order valence-corrected chi connectivity index (χ1v) is 8.75. The van der Waals surface area contributed by atoms with E-state index >= 15 is 0 Å². The van der Waals surface area contributed by atoms with Crippen LogP contribution in [0.3, 0.4) is 0 Å². The van der Waals surface area contributed by atoms with Crippen LogP contribution in [0.15, 0.2) is 47.0 Å². The van der Waals surface area contributed by atoms with Crippen molar-refractivity contribution in [3.63, 3.8) is 0 Å². The summed E-state index contributed by atoms with van der Waals surface area (Å²) in [4.78, 5) is 13.8. The minimum atomic E-state index is -0.948. The summed E-state index contributed by atoms with van der Waals surface area (Å²) in [5, 5.41) is 16.6. The summed E-state index contributed by atoms with van der Waals surface area (Å²) in [6.07, 6.45) is 2.97. The summed E-state index contributed by atoms with van der Waals surface area (Å²) < 4.78 is 5.95. The van der Waals surface area contributed by atoms with Gasteiger partial charge in [-0.3, -0.25) is 10.00 Å². The molecule has 3 heterocycles. The molecule has 0 aliphatic carbocycles. The lowest BCUT2D eigenvalue weighted by molar-refractivity contribution is 0.0697. The van der Waals surface area contributed by atoms with E-state index in [0.717, 1.165) is 31.8 Å². The van der Waals surface area contributed by atoms with Gasteiger partial charge in [0.25, 0.3) is 0 Å². The van der Waals surface area contributed by atoms with E-state index in [1.807, 2.05) is 24.4 Å². The highest BCUT2D eigenvalue weighted by molar-refractivity contribution is 5.95. The minimum absolute atomic E-state index is 0.254. The second-order valence-electron chi connectivity index (χ2n) is 6.80. The Kier molecular flexibility index (Phi) is 4.34. The summed E-state index contributed by atoms with van der Waals surface area (Å²) >= 11 is 0. The zero-order valence-electron chi connectivity index (χ0n) is 14.6. The largest absolute Gasteiger partial charge is 0.478 e. The molecular formula is C20H21N3O3. The zero-order valence-corrected chi connectivity index (χ0v) is 14.6. The number of nitrogens with one attached hydrogen (secondary N) is 1. The van der Waals surface area contributed by atoms with Gasteiger partial charge in [0, 0.05) is 23.7 Å². The van der Waals surface area contributed by atoms with E-state index in [4.69, 9.17) is 4.42 Å². The molecule has 2 N–H and O–H groups in total. The Balaban J connectivity index is 1.47. The van der Waals surface area contributed by atoms with Crippen LogP contribution in [0.25, 0.3) is 11.3 Å². The molecule has 0 amide bonds. The van der Waals surface area contributed by atoms with Crippen molar-refractivity contribution in [3.05, 3.63) is 65.2 Å². The van der Waals surface area contributed by atoms with Crippen LogP contribution in [0.1, 0.15) is 39.7 Å². The maximum absolute atomic E-state index is 11.4. The molecule has 6 nitrogen and oxygen atoms in total. The number of aromatic nitrogens is 2.